The summed E-state index contributed by atoms with van der Waals surface area (Å²) in [4.78, 5) is 15.0. The lowest BCUT2D eigenvalue weighted by Crippen LogP contribution is -2.49. The normalized spacial score (nSPS) is 17.4. The molecule has 5 heteroatoms. The number of hydrogen-bond acceptors (Lipinski definition) is 4. The van der Waals surface area contributed by atoms with E-state index in [-0.39, 0.29) is 5.69 Å². The summed E-state index contributed by atoms with van der Waals surface area (Å²) in [6.45, 7) is 2.82. The van der Waals surface area contributed by atoms with Crippen LogP contribution in [0.5, 0.6) is 0 Å². The van der Waals surface area contributed by atoms with Gasteiger partial charge in [-0.2, -0.15) is 0 Å². The van der Waals surface area contributed by atoms with Gasteiger partial charge in [0, 0.05) is 12.4 Å². The Hall–Kier alpha value is -1.36. The second kappa shape index (κ2) is 3.57. The highest BCUT2D eigenvalue weighted by Crippen LogP contribution is 1.93. The van der Waals surface area contributed by atoms with E-state index in [0.717, 1.165) is 13.1 Å². The van der Waals surface area contributed by atoms with Gasteiger partial charge in [-0.05, 0) is 6.07 Å². The zero-order chi connectivity index (χ0) is 9.10. The average molecular weight is 181 g/mol. The molecule has 2 heterocycles. The summed E-state index contributed by atoms with van der Waals surface area (Å²) in [6, 6.07) is 1.75. The van der Waals surface area contributed by atoms with Gasteiger partial charge in [0.25, 0.3) is 0 Å². The molecule has 0 amide bonds. The van der Waals surface area contributed by atoms with Gasteiger partial charge in [-0.15, -0.1) is 0 Å². The first-order valence-electron chi connectivity index (χ1n) is 4.24. The molecular formula is C8H11N3O2. The molecule has 0 atom stereocenters. The molecular weight excluding hydrogens is 170 g/mol. The van der Waals surface area contributed by atoms with Gasteiger partial charge in [-0.1, -0.05) is 0 Å². The Kier molecular flexibility index (Phi) is 2.27. The van der Waals surface area contributed by atoms with Gasteiger partial charge < -0.3 is 9.75 Å². The van der Waals surface area contributed by atoms with E-state index in [1.807, 2.05) is 5.01 Å². The van der Waals surface area contributed by atoms with Crippen molar-refractivity contribution in [3.8, 4) is 0 Å². The summed E-state index contributed by atoms with van der Waals surface area (Å²) < 4.78 is 6.71. The van der Waals surface area contributed by atoms with Crippen LogP contribution in [0.4, 0.5) is 0 Å². The molecule has 0 unspecified atom stereocenters. The summed E-state index contributed by atoms with van der Waals surface area (Å²) in [5.74, 6) is 0. The summed E-state index contributed by atoms with van der Waals surface area (Å²) in [5.41, 5.74) is -0.232. The second-order valence-electron chi connectivity index (χ2n) is 2.81. The first kappa shape index (κ1) is 8.25. The van der Waals surface area contributed by atoms with E-state index in [1.165, 1.54) is 10.9 Å². The molecule has 70 valence electrons. The Labute approximate surface area is 75.5 Å². The molecule has 1 aromatic rings. The zero-order valence-corrected chi connectivity index (χ0v) is 7.22. The molecule has 5 nitrogen and oxygen atoms in total. The lowest BCUT2D eigenvalue weighted by molar-refractivity contribution is 0.110. The minimum absolute atomic E-state index is 0.232. The van der Waals surface area contributed by atoms with Crippen LogP contribution in [0, 0.1) is 0 Å². The van der Waals surface area contributed by atoms with Gasteiger partial charge in [0.05, 0.1) is 26.3 Å². The second-order valence-corrected chi connectivity index (χ2v) is 2.81. The van der Waals surface area contributed by atoms with Crippen molar-refractivity contribution in [2.45, 2.75) is 0 Å². The quantitative estimate of drug-likeness (QED) is 0.569. The number of hydrogen-bond donors (Lipinski definition) is 0. The largest absolute Gasteiger partial charge is 0.378 e. The van der Waals surface area contributed by atoms with Crippen LogP contribution in [0.25, 0.3) is 0 Å². The number of morpholine rings is 1. The van der Waals surface area contributed by atoms with Gasteiger partial charge >= 0.3 is 5.69 Å². The first-order valence-corrected chi connectivity index (χ1v) is 4.24. The van der Waals surface area contributed by atoms with Crippen LogP contribution in [0.15, 0.2) is 23.3 Å². The Morgan fingerprint density at radius 1 is 1.38 bits per heavy atom. The maximum atomic E-state index is 11.3. The third-order valence-electron chi connectivity index (χ3n) is 1.99. The molecule has 1 aliphatic rings. The van der Waals surface area contributed by atoms with E-state index < -0.39 is 0 Å². The first-order chi connectivity index (χ1) is 6.38. The zero-order valence-electron chi connectivity index (χ0n) is 7.22. The van der Waals surface area contributed by atoms with E-state index in [0.29, 0.717) is 13.2 Å². The van der Waals surface area contributed by atoms with Crippen LogP contribution in [-0.4, -0.2) is 36.0 Å². The number of rotatable bonds is 1. The molecule has 13 heavy (non-hydrogen) atoms. The van der Waals surface area contributed by atoms with Crippen molar-refractivity contribution in [1.82, 2.24) is 9.66 Å². The average Bonchev–Trinajstić information content (AvgIpc) is 2.20. The molecule has 0 spiro atoms. The third kappa shape index (κ3) is 1.70. The van der Waals surface area contributed by atoms with E-state index in [9.17, 15) is 4.79 Å². The molecule has 0 saturated carbocycles. The van der Waals surface area contributed by atoms with Crippen molar-refractivity contribution in [2.24, 2.45) is 0 Å². The minimum Gasteiger partial charge on any atom is -0.378 e. The molecule has 0 aliphatic carbocycles. The molecule has 0 N–H and O–H groups in total. The molecule has 0 aromatic carbocycles. The van der Waals surface area contributed by atoms with Crippen molar-refractivity contribution in [2.75, 3.05) is 31.3 Å². The molecule has 0 radical (unpaired) electrons. The number of ether oxygens (including phenoxy) is 1. The SMILES string of the molecule is O=c1ncccn1N1CCOCC1. The van der Waals surface area contributed by atoms with Gasteiger partial charge in [-0.3, -0.25) is 0 Å². The van der Waals surface area contributed by atoms with Crippen molar-refractivity contribution >= 4 is 0 Å². The van der Waals surface area contributed by atoms with Crippen molar-refractivity contribution in [3.05, 3.63) is 28.9 Å². The van der Waals surface area contributed by atoms with E-state index in [1.54, 1.807) is 12.3 Å². The third-order valence-corrected chi connectivity index (χ3v) is 1.99. The van der Waals surface area contributed by atoms with Crippen LogP contribution in [0.2, 0.25) is 0 Å². The highest BCUT2D eigenvalue weighted by atomic mass is 16.5. The monoisotopic (exact) mass is 181 g/mol. The molecule has 1 aromatic heterocycles. The van der Waals surface area contributed by atoms with Crippen LogP contribution < -0.4 is 10.7 Å². The highest BCUT2D eigenvalue weighted by molar-refractivity contribution is 4.92. The predicted molar refractivity (Wildman–Crippen MR) is 47.3 cm³/mol. The van der Waals surface area contributed by atoms with Crippen LogP contribution in [-0.2, 0) is 4.74 Å². The van der Waals surface area contributed by atoms with E-state index in [2.05, 4.69) is 4.98 Å². The van der Waals surface area contributed by atoms with Gasteiger partial charge in [0.15, 0.2) is 0 Å². The summed E-state index contributed by atoms with van der Waals surface area (Å²) in [7, 11) is 0. The lowest BCUT2D eigenvalue weighted by Gasteiger charge is -2.29. The maximum Gasteiger partial charge on any atom is 0.366 e. The summed E-state index contributed by atoms with van der Waals surface area (Å²) in [5, 5.41) is 1.93. The molecule has 0 bridgehead atoms. The number of aromatic nitrogens is 2. The predicted octanol–water partition coefficient (Wildman–Crippen LogP) is -0.788. The number of nitrogens with zero attached hydrogens (tertiary/aromatic N) is 3. The van der Waals surface area contributed by atoms with Crippen LogP contribution in [0.3, 0.4) is 0 Å². The Morgan fingerprint density at radius 3 is 2.85 bits per heavy atom. The standard InChI is InChI=1S/C8H11N3O2/c12-8-9-2-1-3-11(8)10-4-6-13-7-5-10/h1-3H,4-7H2. The molecule has 1 fully saturated rings. The Bertz CT molecular complexity index is 330. The van der Waals surface area contributed by atoms with Crippen LogP contribution >= 0.6 is 0 Å². The maximum absolute atomic E-state index is 11.3. The fourth-order valence-corrected chi connectivity index (χ4v) is 1.33. The van der Waals surface area contributed by atoms with Crippen molar-refractivity contribution in [1.29, 1.82) is 0 Å². The lowest BCUT2D eigenvalue weighted by atomic mass is 10.5. The topological polar surface area (TPSA) is 47.4 Å². The fourth-order valence-electron chi connectivity index (χ4n) is 1.33. The molecule has 1 aliphatic heterocycles. The highest BCUT2D eigenvalue weighted by Gasteiger charge is 2.11. The fraction of sp³-hybridized carbons (Fsp3) is 0.500. The minimum atomic E-state index is -0.232. The Morgan fingerprint density at radius 2 is 2.15 bits per heavy atom. The van der Waals surface area contributed by atoms with Crippen molar-refractivity contribution < 1.29 is 4.74 Å². The smallest absolute Gasteiger partial charge is 0.366 e. The Balaban J connectivity index is 2.24. The molecule has 2 rings (SSSR count). The van der Waals surface area contributed by atoms with Crippen molar-refractivity contribution in [3.63, 3.8) is 0 Å². The van der Waals surface area contributed by atoms with Crippen LogP contribution in [0.1, 0.15) is 0 Å². The van der Waals surface area contributed by atoms with Gasteiger partial charge in [0.2, 0.25) is 0 Å². The van der Waals surface area contributed by atoms with Gasteiger partial charge in [0.1, 0.15) is 0 Å². The van der Waals surface area contributed by atoms with E-state index in [4.69, 9.17) is 4.74 Å². The van der Waals surface area contributed by atoms with E-state index >= 15 is 0 Å². The van der Waals surface area contributed by atoms with Gasteiger partial charge in [-0.25, -0.2) is 14.5 Å². The molecule has 1 saturated heterocycles. The summed E-state index contributed by atoms with van der Waals surface area (Å²) in [6.07, 6.45) is 3.22. The summed E-state index contributed by atoms with van der Waals surface area (Å²) >= 11 is 0.